The van der Waals surface area contributed by atoms with Gasteiger partial charge in [0.25, 0.3) is 0 Å². The maximum Gasteiger partial charge on any atom is 0.223 e. The van der Waals surface area contributed by atoms with Crippen LogP contribution in [0, 0.1) is 11.6 Å². The highest BCUT2D eigenvalue weighted by atomic mass is 19.1. The van der Waals surface area contributed by atoms with Crippen molar-refractivity contribution in [1.82, 2.24) is 58.9 Å². The number of likely N-dealkylation sites (tertiary alicyclic amines) is 1. The van der Waals surface area contributed by atoms with E-state index < -0.39 is 0 Å². The number of hydrogen-bond acceptors (Lipinski definition) is 12. The van der Waals surface area contributed by atoms with Gasteiger partial charge < -0.3 is 20.9 Å². The van der Waals surface area contributed by atoms with Gasteiger partial charge in [0, 0.05) is 80.4 Å². The molecule has 10 rings (SSSR count). The summed E-state index contributed by atoms with van der Waals surface area (Å²) in [6.45, 7) is 5.03. The van der Waals surface area contributed by atoms with Crippen molar-refractivity contribution in [1.29, 1.82) is 0 Å². The molecule has 0 atom stereocenters. The molecule has 0 radical (unpaired) electrons. The lowest BCUT2D eigenvalue weighted by atomic mass is 10.1. The Bertz CT molecular complexity index is 2780. The van der Waals surface area contributed by atoms with E-state index in [-0.39, 0.29) is 23.6 Å². The molecule has 8 aromatic rings. The summed E-state index contributed by atoms with van der Waals surface area (Å²) in [7, 11) is 0. The zero-order valence-electron chi connectivity index (χ0n) is 33.3. The summed E-state index contributed by atoms with van der Waals surface area (Å²) in [6, 6.07) is 16.8. The molecule has 17 heteroatoms. The molecule has 8 heterocycles. The van der Waals surface area contributed by atoms with Crippen molar-refractivity contribution < 1.29 is 13.6 Å². The lowest BCUT2D eigenvalue weighted by molar-refractivity contribution is -0.129. The Hall–Kier alpha value is -7.27. The number of nitrogens with one attached hydrogen (secondary N) is 3. The van der Waals surface area contributed by atoms with E-state index in [1.807, 2.05) is 38.2 Å². The molecule has 0 aliphatic carbocycles. The first-order valence-corrected chi connectivity index (χ1v) is 20.2. The molecule has 0 bridgehead atoms. The third-order valence-electron chi connectivity index (χ3n) is 10.8. The van der Waals surface area contributed by atoms with E-state index in [0.717, 1.165) is 85.8 Å². The van der Waals surface area contributed by atoms with Crippen LogP contribution < -0.4 is 16.0 Å². The van der Waals surface area contributed by atoms with Gasteiger partial charge in [-0.25, -0.2) is 38.7 Å². The van der Waals surface area contributed by atoms with Crippen LogP contribution in [-0.2, 0) is 4.79 Å². The number of carbonyl (C=O) groups excluding carboxylic acids is 1. The Balaban J connectivity index is 0.000000157. The number of imidazole rings is 2. The third-order valence-corrected chi connectivity index (χ3v) is 10.8. The quantitative estimate of drug-likeness (QED) is 0.151. The first kappa shape index (κ1) is 39.2. The van der Waals surface area contributed by atoms with Crippen LogP contribution in [0.15, 0.2) is 110 Å². The number of aromatic nitrogens is 10. The second-order valence-electron chi connectivity index (χ2n) is 14.9. The van der Waals surface area contributed by atoms with Gasteiger partial charge in [0.1, 0.15) is 11.6 Å². The molecule has 2 fully saturated rings. The van der Waals surface area contributed by atoms with Crippen LogP contribution in [0.3, 0.4) is 0 Å². The van der Waals surface area contributed by atoms with Crippen molar-refractivity contribution in [3.05, 3.63) is 122 Å². The predicted molar refractivity (Wildman–Crippen MR) is 227 cm³/mol. The maximum absolute atomic E-state index is 13.5. The Labute approximate surface area is 349 Å². The highest BCUT2D eigenvalue weighted by Gasteiger charge is 2.23. The highest BCUT2D eigenvalue weighted by Crippen LogP contribution is 2.34. The van der Waals surface area contributed by atoms with E-state index in [2.05, 4.69) is 35.9 Å². The molecule has 2 saturated heterocycles. The van der Waals surface area contributed by atoms with E-state index in [9.17, 15) is 13.6 Å². The number of halogens is 2. The molecule has 0 spiro atoms. The number of benzene rings is 2. The Morgan fingerprint density at radius 1 is 0.623 bits per heavy atom. The van der Waals surface area contributed by atoms with Gasteiger partial charge >= 0.3 is 0 Å². The third kappa shape index (κ3) is 8.72. The smallest absolute Gasteiger partial charge is 0.223 e. The van der Waals surface area contributed by atoms with Gasteiger partial charge in [-0.1, -0.05) is 0 Å². The normalized spacial score (nSPS) is 14.8. The van der Waals surface area contributed by atoms with E-state index >= 15 is 0 Å². The fourth-order valence-electron chi connectivity index (χ4n) is 7.71. The van der Waals surface area contributed by atoms with Crippen LogP contribution in [0.1, 0.15) is 32.6 Å². The number of amides is 1. The summed E-state index contributed by atoms with van der Waals surface area (Å²) in [6.07, 6.45) is 17.7. The van der Waals surface area contributed by atoms with E-state index in [4.69, 9.17) is 19.9 Å². The van der Waals surface area contributed by atoms with E-state index in [1.54, 1.807) is 68.4 Å². The number of fused-ring (bicyclic) bond motifs is 2. The SMILES string of the molecule is CC(=O)N1CCC(Nc2nccc(-c3c(-c4ccc(F)cc4)nc4cnccn34)n2)CC1.Fc1ccc(-c2nc3cnccn3c2-c2ccnc(NC3CCNCC3)n2)cc1. The second-order valence-corrected chi connectivity index (χ2v) is 14.9. The Morgan fingerprint density at radius 3 is 1.54 bits per heavy atom. The van der Waals surface area contributed by atoms with E-state index in [0.29, 0.717) is 40.6 Å². The fraction of sp³-hybridized carbons (Fsp3) is 0.250. The summed E-state index contributed by atoms with van der Waals surface area (Å²) < 4.78 is 30.8. The van der Waals surface area contributed by atoms with Crippen LogP contribution in [0.5, 0.6) is 0 Å². The first-order valence-electron chi connectivity index (χ1n) is 20.2. The fourth-order valence-corrected chi connectivity index (χ4v) is 7.71. The minimum atomic E-state index is -0.301. The summed E-state index contributed by atoms with van der Waals surface area (Å²) in [4.78, 5) is 49.5. The molecule has 2 aliphatic rings. The molecule has 61 heavy (non-hydrogen) atoms. The molecule has 308 valence electrons. The van der Waals surface area contributed by atoms with Gasteiger partial charge in [-0.3, -0.25) is 23.6 Å². The number of carbonyl (C=O) groups is 1. The standard InChI is InChI=1S/C23H22FN7O.C21H20FN7/c1-15(32)30-11-7-18(8-12-30)27-23-26-9-6-19(28-23)22-21(16-2-4-17(24)5-3-16)29-20-14-25-10-13-31(20)22;22-15-3-1-14(2-4-15)19-20(29-12-11-24-13-18(29)28-19)17-7-10-25-21(27-17)26-16-5-8-23-9-6-16/h2-6,9-10,13-14,18H,7-8,11-12H2,1H3,(H,26,27,28);1-4,7,10-13,16,23H,5-6,8-9H2,(H,25,26,27). The monoisotopic (exact) mass is 820 g/mol. The minimum absolute atomic E-state index is 0.108. The van der Waals surface area contributed by atoms with Crippen LogP contribution in [0.2, 0.25) is 0 Å². The summed E-state index contributed by atoms with van der Waals surface area (Å²) in [5, 5.41) is 10.2. The average Bonchev–Trinajstić information content (AvgIpc) is 3.88. The molecule has 1 amide bonds. The molecular formula is C44H42F2N14O. The van der Waals surface area contributed by atoms with Crippen molar-refractivity contribution in [3.63, 3.8) is 0 Å². The van der Waals surface area contributed by atoms with Gasteiger partial charge in [-0.05, 0) is 99.4 Å². The predicted octanol–water partition coefficient (Wildman–Crippen LogP) is 6.57. The van der Waals surface area contributed by atoms with Gasteiger partial charge in [0.2, 0.25) is 17.8 Å². The molecule has 2 aliphatic heterocycles. The number of nitrogens with zero attached hydrogens (tertiary/aromatic N) is 11. The molecular weight excluding hydrogens is 779 g/mol. The zero-order valence-corrected chi connectivity index (χ0v) is 33.3. The van der Waals surface area contributed by atoms with Crippen LogP contribution in [-0.4, -0.2) is 97.7 Å². The van der Waals surface area contributed by atoms with Crippen LogP contribution >= 0.6 is 0 Å². The average molecular weight is 821 g/mol. The number of anilines is 2. The number of rotatable bonds is 8. The van der Waals surface area contributed by atoms with Gasteiger partial charge in [0.05, 0.1) is 46.6 Å². The maximum atomic E-state index is 13.5. The van der Waals surface area contributed by atoms with Gasteiger partial charge in [-0.2, -0.15) is 0 Å². The lowest BCUT2D eigenvalue weighted by Crippen LogP contribution is -2.41. The molecule has 6 aromatic heterocycles. The molecule has 15 nitrogen and oxygen atoms in total. The largest absolute Gasteiger partial charge is 0.351 e. The van der Waals surface area contributed by atoms with E-state index in [1.165, 1.54) is 24.3 Å². The molecule has 2 aromatic carbocycles. The highest BCUT2D eigenvalue weighted by molar-refractivity contribution is 5.81. The second kappa shape index (κ2) is 17.5. The Morgan fingerprint density at radius 2 is 1.08 bits per heavy atom. The number of hydrogen-bond donors (Lipinski definition) is 3. The van der Waals surface area contributed by atoms with Crippen molar-refractivity contribution in [3.8, 4) is 45.3 Å². The van der Waals surface area contributed by atoms with Crippen molar-refractivity contribution in [2.45, 2.75) is 44.7 Å². The van der Waals surface area contributed by atoms with Gasteiger partial charge in [-0.15, -0.1) is 0 Å². The molecule has 0 unspecified atom stereocenters. The summed E-state index contributed by atoms with van der Waals surface area (Å²) >= 11 is 0. The van der Waals surface area contributed by atoms with Crippen molar-refractivity contribution in [2.75, 3.05) is 36.8 Å². The first-order chi connectivity index (χ1) is 29.9. The van der Waals surface area contributed by atoms with Crippen molar-refractivity contribution in [2.24, 2.45) is 0 Å². The topological polar surface area (TPSA) is 168 Å². The zero-order chi connectivity index (χ0) is 41.7. The lowest BCUT2D eigenvalue weighted by Gasteiger charge is -2.31. The Kier molecular flexibility index (Phi) is 11.3. The molecule has 0 saturated carbocycles. The van der Waals surface area contributed by atoms with Gasteiger partial charge in [0.15, 0.2) is 11.3 Å². The summed E-state index contributed by atoms with van der Waals surface area (Å²) in [5.74, 6) is 0.653. The number of piperidine rings is 2. The molecule has 3 N–H and O–H groups in total. The van der Waals surface area contributed by atoms with Crippen LogP contribution in [0.4, 0.5) is 20.7 Å². The van der Waals surface area contributed by atoms with Crippen molar-refractivity contribution >= 4 is 29.1 Å². The van der Waals surface area contributed by atoms with Crippen LogP contribution in [0.25, 0.3) is 56.6 Å². The minimum Gasteiger partial charge on any atom is -0.351 e. The summed E-state index contributed by atoms with van der Waals surface area (Å²) in [5.41, 5.74) is 7.44.